The van der Waals surface area contributed by atoms with Crippen LogP contribution in [0.2, 0.25) is 0 Å². The maximum Gasteiger partial charge on any atom is 0.460 e. The van der Waals surface area contributed by atoms with E-state index < -0.39 is 55.4 Å². The van der Waals surface area contributed by atoms with E-state index in [0.29, 0.717) is 0 Å². The third kappa shape index (κ3) is 3.61. The van der Waals surface area contributed by atoms with E-state index in [-0.39, 0.29) is 6.42 Å². The molecule has 0 fully saturated rings. The molecule has 0 radical (unpaired) electrons. The lowest BCUT2D eigenvalue weighted by Crippen LogP contribution is -2.61. The van der Waals surface area contributed by atoms with Gasteiger partial charge in [-0.05, 0) is 12.8 Å². The number of halogens is 9. The van der Waals surface area contributed by atoms with Gasteiger partial charge in [0.05, 0.1) is 13.2 Å². The highest BCUT2D eigenvalue weighted by Gasteiger charge is 2.81. The molecule has 0 rings (SSSR count). The molecule has 0 saturated heterocycles. The van der Waals surface area contributed by atoms with E-state index in [1.807, 2.05) is 0 Å². The third-order valence-electron chi connectivity index (χ3n) is 3.60. The van der Waals surface area contributed by atoms with E-state index in [2.05, 4.69) is 0 Å². The van der Waals surface area contributed by atoms with E-state index in [0.717, 1.165) is 0 Å². The molecule has 0 heterocycles. The van der Waals surface area contributed by atoms with Crippen molar-refractivity contribution in [1.29, 1.82) is 0 Å². The fourth-order valence-electron chi connectivity index (χ4n) is 1.60. The second-order valence-corrected chi connectivity index (χ2v) is 5.02. The van der Waals surface area contributed by atoms with Gasteiger partial charge in [0, 0.05) is 11.8 Å². The highest BCUT2D eigenvalue weighted by molar-refractivity contribution is 5.00. The molecule has 0 aromatic carbocycles. The quantitative estimate of drug-likeness (QED) is 0.657. The fraction of sp³-hybridized carbons (Fsp3) is 1.00. The average molecular weight is 350 g/mol. The van der Waals surface area contributed by atoms with Crippen LogP contribution in [0.25, 0.3) is 0 Å². The van der Waals surface area contributed by atoms with E-state index in [1.165, 1.54) is 6.92 Å². The van der Waals surface area contributed by atoms with Crippen molar-refractivity contribution in [1.82, 2.24) is 0 Å². The van der Waals surface area contributed by atoms with Crippen molar-refractivity contribution in [3.05, 3.63) is 0 Å². The zero-order chi connectivity index (χ0) is 18.0. The molecule has 0 aliphatic heterocycles. The Balaban J connectivity index is 5.39. The highest BCUT2D eigenvalue weighted by atomic mass is 19.4. The van der Waals surface area contributed by atoms with Crippen LogP contribution in [0.3, 0.4) is 0 Å². The molecule has 2 N–H and O–H groups in total. The molecule has 0 aliphatic carbocycles. The molecule has 0 aromatic rings. The molecule has 0 saturated carbocycles. The number of hydrogen-bond donors (Lipinski definition) is 2. The van der Waals surface area contributed by atoms with Crippen LogP contribution in [0, 0.1) is 5.41 Å². The van der Waals surface area contributed by atoms with Gasteiger partial charge in [0.1, 0.15) is 0 Å². The van der Waals surface area contributed by atoms with Crippen LogP contribution in [0.4, 0.5) is 39.5 Å². The van der Waals surface area contributed by atoms with Crippen molar-refractivity contribution in [2.75, 3.05) is 13.2 Å². The van der Waals surface area contributed by atoms with Gasteiger partial charge in [0.2, 0.25) is 0 Å². The van der Waals surface area contributed by atoms with Gasteiger partial charge in [0.15, 0.2) is 0 Å². The van der Waals surface area contributed by atoms with Gasteiger partial charge in [-0.3, -0.25) is 0 Å². The molecule has 22 heavy (non-hydrogen) atoms. The summed E-state index contributed by atoms with van der Waals surface area (Å²) >= 11 is 0. The highest BCUT2D eigenvalue weighted by Crippen LogP contribution is 2.54. The summed E-state index contributed by atoms with van der Waals surface area (Å²) in [5, 5.41) is 17.9. The average Bonchev–Trinajstić information content (AvgIpc) is 2.39. The van der Waals surface area contributed by atoms with Crippen LogP contribution < -0.4 is 0 Å². The van der Waals surface area contributed by atoms with Crippen molar-refractivity contribution < 1.29 is 49.7 Å². The molecule has 0 aliphatic rings. The van der Waals surface area contributed by atoms with Crippen LogP contribution >= 0.6 is 0 Å². The minimum atomic E-state index is -6.92. The predicted octanol–water partition coefficient (Wildman–Crippen LogP) is 3.62. The van der Waals surface area contributed by atoms with Gasteiger partial charge >= 0.3 is 23.9 Å². The van der Waals surface area contributed by atoms with Crippen molar-refractivity contribution >= 4 is 0 Å². The molecular formula is C11H15F9O2. The Labute approximate surface area is 119 Å². The zero-order valence-corrected chi connectivity index (χ0v) is 11.3. The predicted molar refractivity (Wildman–Crippen MR) is 57.0 cm³/mol. The van der Waals surface area contributed by atoms with E-state index in [4.69, 9.17) is 10.2 Å². The summed E-state index contributed by atoms with van der Waals surface area (Å²) in [4.78, 5) is 0. The molecule has 134 valence electrons. The first-order valence-corrected chi connectivity index (χ1v) is 6.06. The Bertz CT molecular complexity index is 353. The van der Waals surface area contributed by atoms with E-state index in [9.17, 15) is 39.5 Å². The topological polar surface area (TPSA) is 40.5 Å². The van der Waals surface area contributed by atoms with Crippen LogP contribution in [-0.4, -0.2) is 47.4 Å². The molecule has 11 heteroatoms. The minimum Gasteiger partial charge on any atom is -0.396 e. The van der Waals surface area contributed by atoms with Crippen LogP contribution in [-0.2, 0) is 0 Å². The molecule has 0 atom stereocenters. The zero-order valence-electron chi connectivity index (χ0n) is 11.3. The smallest absolute Gasteiger partial charge is 0.396 e. The molecule has 0 unspecified atom stereocenters. The molecule has 2 nitrogen and oxygen atoms in total. The Morgan fingerprint density at radius 3 is 1.36 bits per heavy atom. The second kappa shape index (κ2) is 6.42. The van der Waals surface area contributed by atoms with Crippen molar-refractivity contribution in [2.45, 2.75) is 50.1 Å². The number of rotatable bonds is 8. The molecule has 0 aromatic heterocycles. The first-order chi connectivity index (χ1) is 9.64. The molecule has 0 spiro atoms. The molecule has 0 amide bonds. The summed E-state index contributed by atoms with van der Waals surface area (Å²) in [6.45, 7) is -0.540. The summed E-state index contributed by atoms with van der Waals surface area (Å²) in [7, 11) is 0. The molecular weight excluding hydrogens is 335 g/mol. The largest absolute Gasteiger partial charge is 0.460 e. The second-order valence-electron chi connectivity index (χ2n) is 5.02. The standard InChI is InChI=1S/C11H15F9O2/c1-2-7(5-21,6-22)3-4-8(12,13)9(14,15)10(16,17)11(18,19)20/h21-22H,2-6H2,1H3. The maximum atomic E-state index is 13.3. The Kier molecular flexibility index (Phi) is 6.21. The first-order valence-electron chi connectivity index (χ1n) is 6.06. The Hall–Kier alpha value is -0.710. The van der Waals surface area contributed by atoms with Gasteiger partial charge in [-0.25, -0.2) is 0 Å². The maximum absolute atomic E-state index is 13.3. The normalized spacial score (nSPS) is 15.3. The first kappa shape index (κ1) is 21.3. The van der Waals surface area contributed by atoms with Gasteiger partial charge in [0.25, 0.3) is 0 Å². The van der Waals surface area contributed by atoms with Gasteiger partial charge in [-0.1, -0.05) is 6.92 Å². The third-order valence-corrected chi connectivity index (χ3v) is 3.60. The van der Waals surface area contributed by atoms with E-state index in [1.54, 1.807) is 0 Å². The Morgan fingerprint density at radius 2 is 1.09 bits per heavy atom. The summed E-state index contributed by atoms with van der Waals surface area (Å²) in [6, 6.07) is 0. The van der Waals surface area contributed by atoms with Crippen molar-refractivity contribution in [3.8, 4) is 0 Å². The molecule has 0 bridgehead atoms. The summed E-state index contributed by atoms with van der Waals surface area (Å²) in [5.41, 5.74) is -1.67. The van der Waals surface area contributed by atoms with E-state index >= 15 is 0 Å². The summed E-state index contributed by atoms with van der Waals surface area (Å²) < 4.78 is 113. The van der Waals surface area contributed by atoms with Gasteiger partial charge < -0.3 is 10.2 Å². The lowest BCUT2D eigenvalue weighted by molar-refractivity contribution is -0.397. The summed E-state index contributed by atoms with van der Waals surface area (Å²) in [6.07, 6.45) is -10.1. The van der Waals surface area contributed by atoms with Gasteiger partial charge in [-0.15, -0.1) is 0 Å². The van der Waals surface area contributed by atoms with Gasteiger partial charge in [-0.2, -0.15) is 39.5 Å². The van der Waals surface area contributed by atoms with Crippen LogP contribution in [0.1, 0.15) is 26.2 Å². The monoisotopic (exact) mass is 350 g/mol. The fourth-order valence-corrected chi connectivity index (χ4v) is 1.60. The Morgan fingerprint density at radius 1 is 0.682 bits per heavy atom. The number of hydrogen-bond acceptors (Lipinski definition) is 2. The van der Waals surface area contributed by atoms with Crippen molar-refractivity contribution in [3.63, 3.8) is 0 Å². The number of alkyl halides is 9. The van der Waals surface area contributed by atoms with Crippen LogP contribution in [0.15, 0.2) is 0 Å². The van der Waals surface area contributed by atoms with Crippen molar-refractivity contribution in [2.24, 2.45) is 5.41 Å². The van der Waals surface area contributed by atoms with Crippen LogP contribution in [0.5, 0.6) is 0 Å². The lowest BCUT2D eigenvalue weighted by Gasteiger charge is -2.36. The SMILES string of the molecule is CCC(CO)(CO)CCC(F)(F)C(F)(F)C(F)(F)C(F)(F)F. The number of aliphatic hydroxyl groups is 2. The lowest BCUT2D eigenvalue weighted by atomic mass is 9.80. The summed E-state index contributed by atoms with van der Waals surface area (Å²) in [5.74, 6) is -19.3. The minimum absolute atomic E-state index is 0.169. The number of aliphatic hydroxyl groups excluding tert-OH is 2.